The number of nitrogens with one attached hydrogen (secondary N) is 3. The molecule has 0 saturated carbocycles. The fraction of sp³-hybridized carbons (Fsp3) is 0.889. The van der Waals surface area contributed by atoms with E-state index in [2.05, 4.69) is 28.6 Å². The van der Waals surface area contributed by atoms with Crippen molar-refractivity contribution in [3.63, 3.8) is 0 Å². The fourth-order valence-corrected chi connectivity index (χ4v) is 2.72. The Kier molecular flexibility index (Phi) is 19.6. The van der Waals surface area contributed by atoms with Crippen molar-refractivity contribution in [2.24, 2.45) is 0 Å². The molecule has 1 atom stereocenters. The molecule has 0 spiro atoms. The Bertz CT molecular complexity index is 377. The second kappa shape index (κ2) is 20.1. The summed E-state index contributed by atoms with van der Waals surface area (Å²) in [7, 11) is 0. The summed E-state index contributed by atoms with van der Waals surface area (Å²) in [6.07, 6.45) is 4.90. The average Bonchev–Trinajstić information content (AvgIpc) is 2.65. The summed E-state index contributed by atoms with van der Waals surface area (Å²) in [6.45, 7) is 7.68. The Labute approximate surface area is 173 Å². The van der Waals surface area contributed by atoms with E-state index in [1.807, 2.05) is 13.8 Å². The molecule has 3 amide bonds. The van der Waals surface area contributed by atoms with Gasteiger partial charge in [-0.2, -0.15) is 12.6 Å². The van der Waals surface area contributed by atoms with Crippen LogP contribution in [0.1, 0.15) is 46.0 Å². The van der Waals surface area contributed by atoms with Gasteiger partial charge in [0.15, 0.2) is 0 Å². The molecule has 0 aromatic rings. The number of carbonyl (C=O) groups excluding carboxylic acids is 2. The first-order chi connectivity index (χ1) is 13.1. The van der Waals surface area contributed by atoms with Crippen LogP contribution in [-0.2, 0) is 9.47 Å². The predicted octanol–water partition coefficient (Wildman–Crippen LogP) is 3.05. The summed E-state index contributed by atoms with van der Waals surface area (Å²) >= 11 is 5.29. The van der Waals surface area contributed by atoms with Gasteiger partial charge in [0.25, 0.3) is 5.24 Å². The third-order valence-corrected chi connectivity index (χ3v) is 4.68. The molecule has 1 unspecified atom stereocenters. The van der Waals surface area contributed by atoms with Gasteiger partial charge in [-0.05, 0) is 26.2 Å². The molecule has 27 heavy (non-hydrogen) atoms. The minimum atomic E-state index is -0.0946. The van der Waals surface area contributed by atoms with E-state index in [0.29, 0.717) is 51.0 Å². The highest BCUT2D eigenvalue weighted by atomic mass is 32.2. The topological polar surface area (TPSA) is 88.7 Å². The maximum absolute atomic E-state index is 11.6. The molecular weight excluding hydrogens is 386 g/mol. The number of hydrogen-bond donors (Lipinski definition) is 4. The lowest BCUT2D eigenvalue weighted by molar-refractivity contribution is 0.0606. The standard InChI is InChI=1S/C18H37N3O4S2/c1-3-16(2)21-17(22)19-8-6-4-5-7-9-20-18(23)27-15-13-25-11-10-24-12-14-26/h16,26H,3-15H2,1-2H3,(H,20,23)(H2,19,21,22). The van der Waals surface area contributed by atoms with Crippen LogP contribution in [0.5, 0.6) is 0 Å². The van der Waals surface area contributed by atoms with Crippen molar-refractivity contribution in [3.8, 4) is 0 Å². The SMILES string of the molecule is CCC(C)NC(=O)NCCCCCCNC(=O)SCCOCCOCCS. The first kappa shape index (κ1) is 26.4. The number of ether oxygens (including phenoxy) is 2. The molecule has 160 valence electrons. The van der Waals surface area contributed by atoms with E-state index in [9.17, 15) is 9.59 Å². The van der Waals surface area contributed by atoms with Gasteiger partial charge in [0.1, 0.15) is 0 Å². The monoisotopic (exact) mass is 423 g/mol. The molecule has 0 aliphatic carbocycles. The van der Waals surface area contributed by atoms with E-state index in [-0.39, 0.29) is 17.3 Å². The quantitative estimate of drug-likeness (QED) is 0.213. The highest BCUT2D eigenvalue weighted by Gasteiger charge is 2.04. The Hall–Kier alpha value is -0.640. The minimum Gasteiger partial charge on any atom is -0.378 e. The van der Waals surface area contributed by atoms with Gasteiger partial charge < -0.3 is 25.4 Å². The van der Waals surface area contributed by atoms with Crippen LogP contribution >= 0.6 is 24.4 Å². The van der Waals surface area contributed by atoms with Crippen molar-refractivity contribution in [2.45, 2.75) is 52.0 Å². The number of hydrogen-bond acceptors (Lipinski definition) is 6. The molecule has 7 nitrogen and oxygen atoms in total. The molecule has 0 heterocycles. The maximum Gasteiger partial charge on any atom is 0.314 e. The van der Waals surface area contributed by atoms with E-state index in [1.54, 1.807) is 0 Å². The van der Waals surface area contributed by atoms with Gasteiger partial charge in [0, 0.05) is 30.6 Å². The summed E-state index contributed by atoms with van der Waals surface area (Å²) in [6, 6.07) is 0.109. The van der Waals surface area contributed by atoms with Crippen molar-refractivity contribution in [1.29, 1.82) is 0 Å². The van der Waals surface area contributed by atoms with Gasteiger partial charge in [0.2, 0.25) is 0 Å². The largest absolute Gasteiger partial charge is 0.378 e. The number of amides is 3. The van der Waals surface area contributed by atoms with Crippen LogP contribution in [0.15, 0.2) is 0 Å². The summed E-state index contributed by atoms with van der Waals surface area (Å²) in [5.74, 6) is 1.35. The van der Waals surface area contributed by atoms with E-state index in [1.165, 1.54) is 11.8 Å². The lowest BCUT2D eigenvalue weighted by Crippen LogP contribution is -2.40. The van der Waals surface area contributed by atoms with Gasteiger partial charge in [-0.3, -0.25) is 4.79 Å². The number of unbranched alkanes of at least 4 members (excludes halogenated alkanes) is 3. The van der Waals surface area contributed by atoms with Crippen molar-refractivity contribution < 1.29 is 19.1 Å². The smallest absolute Gasteiger partial charge is 0.314 e. The zero-order valence-corrected chi connectivity index (χ0v) is 18.5. The van der Waals surface area contributed by atoms with Crippen molar-refractivity contribution >= 4 is 35.7 Å². The highest BCUT2D eigenvalue weighted by molar-refractivity contribution is 8.13. The van der Waals surface area contributed by atoms with Gasteiger partial charge >= 0.3 is 6.03 Å². The molecule has 0 aromatic carbocycles. The van der Waals surface area contributed by atoms with Crippen LogP contribution in [0, 0.1) is 0 Å². The third-order valence-electron chi connectivity index (χ3n) is 3.72. The lowest BCUT2D eigenvalue weighted by atomic mass is 10.2. The zero-order chi connectivity index (χ0) is 20.2. The maximum atomic E-state index is 11.6. The first-order valence-electron chi connectivity index (χ1n) is 9.81. The van der Waals surface area contributed by atoms with Crippen molar-refractivity contribution in [1.82, 2.24) is 16.0 Å². The van der Waals surface area contributed by atoms with Crippen molar-refractivity contribution in [3.05, 3.63) is 0 Å². The number of thioether (sulfide) groups is 1. The Balaban J connectivity index is 3.28. The molecule has 3 N–H and O–H groups in total. The molecule has 0 aromatic heterocycles. The average molecular weight is 424 g/mol. The van der Waals surface area contributed by atoms with Crippen LogP contribution in [-0.4, -0.2) is 68.3 Å². The predicted molar refractivity (Wildman–Crippen MR) is 116 cm³/mol. The molecule has 0 aliphatic rings. The van der Waals surface area contributed by atoms with E-state index in [4.69, 9.17) is 9.47 Å². The Morgan fingerprint density at radius 2 is 1.59 bits per heavy atom. The minimum absolute atomic E-state index is 0.00620. The van der Waals surface area contributed by atoms with Gasteiger partial charge in [-0.25, -0.2) is 4.79 Å². The number of urea groups is 1. The highest BCUT2D eigenvalue weighted by Crippen LogP contribution is 2.03. The van der Waals surface area contributed by atoms with E-state index >= 15 is 0 Å². The van der Waals surface area contributed by atoms with Crippen LogP contribution in [0.4, 0.5) is 9.59 Å². The molecule has 0 rings (SSSR count). The summed E-state index contributed by atoms with van der Waals surface area (Å²) in [5, 5.41) is 8.62. The summed E-state index contributed by atoms with van der Waals surface area (Å²) in [4.78, 5) is 23.2. The fourth-order valence-electron chi connectivity index (χ4n) is 2.00. The zero-order valence-electron chi connectivity index (χ0n) is 16.8. The molecule has 0 radical (unpaired) electrons. The summed E-state index contributed by atoms with van der Waals surface area (Å²) < 4.78 is 10.6. The van der Waals surface area contributed by atoms with E-state index in [0.717, 1.165) is 32.1 Å². The molecule has 0 saturated heterocycles. The van der Waals surface area contributed by atoms with Crippen LogP contribution in [0.3, 0.4) is 0 Å². The van der Waals surface area contributed by atoms with Crippen LogP contribution in [0.25, 0.3) is 0 Å². The lowest BCUT2D eigenvalue weighted by Gasteiger charge is -2.12. The summed E-state index contributed by atoms with van der Waals surface area (Å²) in [5.41, 5.74) is 0. The molecular formula is C18H37N3O4S2. The molecule has 9 heteroatoms. The Morgan fingerprint density at radius 3 is 2.22 bits per heavy atom. The second-order valence-corrected chi connectivity index (χ2v) is 7.65. The number of rotatable bonds is 17. The normalized spacial score (nSPS) is 11.8. The Morgan fingerprint density at radius 1 is 0.963 bits per heavy atom. The van der Waals surface area contributed by atoms with E-state index < -0.39 is 0 Å². The van der Waals surface area contributed by atoms with Gasteiger partial charge in [-0.1, -0.05) is 31.5 Å². The third kappa shape index (κ3) is 19.9. The first-order valence-corrected chi connectivity index (χ1v) is 11.4. The number of thiol groups is 1. The second-order valence-electron chi connectivity index (χ2n) is 6.13. The van der Waals surface area contributed by atoms with Crippen molar-refractivity contribution in [2.75, 3.05) is 51.0 Å². The molecule has 0 fully saturated rings. The van der Waals surface area contributed by atoms with Gasteiger partial charge in [-0.15, -0.1) is 0 Å². The molecule has 0 bridgehead atoms. The number of carbonyl (C=O) groups is 2. The molecule has 0 aliphatic heterocycles. The van der Waals surface area contributed by atoms with Crippen LogP contribution < -0.4 is 16.0 Å². The van der Waals surface area contributed by atoms with Gasteiger partial charge in [0.05, 0.1) is 26.4 Å². The van der Waals surface area contributed by atoms with Crippen LogP contribution in [0.2, 0.25) is 0 Å².